The molecule has 0 saturated carbocycles. The first kappa shape index (κ1) is 30.9. The number of hydrogen-bond donors (Lipinski definition) is 0. The Balaban J connectivity index is 1.06. The van der Waals surface area contributed by atoms with Crippen LogP contribution >= 0.6 is 0 Å². The van der Waals surface area contributed by atoms with Crippen molar-refractivity contribution in [3.05, 3.63) is 182 Å². The van der Waals surface area contributed by atoms with E-state index in [1.165, 1.54) is 16.3 Å². The van der Waals surface area contributed by atoms with Gasteiger partial charge in [0.25, 0.3) is 0 Å². The van der Waals surface area contributed by atoms with Gasteiger partial charge < -0.3 is 8.83 Å². The molecule has 0 atom stereocenters. The molecule has 0 bridgehead atoms. The van der Waals surface area contributed by atoms with E-state index in [1.54, 1.807) is 0 Å². The van der Waals surface area contributed by atoms with E-state index in [-0.39, 0.29) is 0 Å². The van der Waals surface area contributed by atoms with Gasteiger partial charge in [0.05, 0.1) is 22.9 Å². The molecule has 0 unspecified atom stereocenters. The second kappa shape index (κ2) is 12.0. The molecule has 0 saturated heterocycles. The third-order valence-corrected chi connectivity index (χ3v) is 11.3. The van der Waals surface area contributed by atoms with Crippen LogP contribution in [-0.2, 0) is 0 Å². The Kier molecular flexibility index (Phi) is 6.60. The van der Waals surface area contributed by atoms with Crippen LogP contribution in [0, 0.1) is 0 Å². The standard InChI is InChI=1S/C52H30N2O2/c1-3-12-31(13-4-1)33-22-23-47-42(25-33)43-28-44-45-27-36(32-14-5-2-6-15-32)26-41(52(45)56-49(44)29-48(43)55-47)34-16-11-17-35(24-34)46-30-53-50-39-20-9-7-18-37(39)38-19-8-10-21-40(38)51(50)54-46/h1-30H. The summed E-state index contributed by atoms with van der Waals surface area (Å²) in [5.41, 5.74) is 13.6. The lowest BCUT2D eigenvalue weighted by Gasteiger charge is -2.12. The monoisotopic (exact) mass is 714 g/mol. The lowest BCUT2D eigenvalue weighted by atomic mass is 9.94. The summed E-state index contributed by atoms with van der Waals surface area (Å²) in [7, 11) is 0. The fraction of sp³-hybridized carbons (Fsp3) is 0. The Hall–Kier alpha value is -7.56. The van der Waals surface area contributed by atoms with E-state index in [2.05, 4.69) is 164 Å². The highest BCUT2D eigenvalue weighted by molar-refractivity contribution is 6.23. The molecule has 9 aromatic carbocycles. The van der Waals surface area contributed by atoms with E-state index in [9.17, 15) is 0 Å². The van der Waals surface area contributed by atoms with Crippen molar-refractivity contribution in [1.82, 2.24) is 9.97 Å². The second-order valence-corrected chi connectivity index (χ2v) is 14.5. The molecular weight excluding hydrogens is 685 g/mol. The van der Waals surface area contributed by atoms with Crippen molar-refractivity contribution in [2.75, 3.05) is 0 Å². The number of fused-ring (bicyclic) bond motifs is 12. The molecular formula is C52H30N2O2. The molecule has 0 aliphatic heterocycles. The number of hydrogen-bond acceptors (Lipinski definition) is 4. The Morgan fingerprint density at radius 1 is 0.321 bits per heavy atom. The van der Waals surface area contributed by atoms with Crippen LogP contribution < -0.4 is 0 Å². The highest BCUT2D eigenvalue weighted by atomic mass is 16.3. The zero-order chi connectivity index (χ0) is 36.7. The number of nitrogens with zero attached hydrogens (tertiary/aromatic N) is 2. The Morgan fingerprint density at radius 3 is 1.68 bits per heavy atom. The Bertz CT molecular complexity index is 3490. The van der Waals surface area contributed by atoms with E-state index in [4.69, 9.17) is 18.8 Å². The fourth-order valence-corrected chi connectivity index (χ4v) is 8.58. The first-order valence-corrected chi connectivity index (χ1v) is 18.9. The molecule has 12 aromatic rings. The number of benzene rings is 9. The molecule has 4 heteroatoms. The highest BCUT2D eigenvalue weighted by Gasteiger charge is 2.19. The quantitative estimate of drug-likeness (QED) is 0.170. The molecule has 3 heterocycles. The average molecular weight is 715 g/mol. The minimum Gasteiger partial charge on any atom is -0.456 e. The summed E-state index contributed by atoms with van der Waals surface area (Å²) in [6.07, 6.45) is 1.91. The number of furan rings is 2. The minimum absolute atomic E-state index is 0.789. The van der Waals surface area contributed by atoms with Gasteiger partial charge in [0.2, 0.25) is 0 Å². The zero-order valence-corrected chi connectivity index (χ0v) is 30.0. The van der Waals surface area contributed by atoms with E-state index in [0.29, 0.717) is 0 Å². The van der Waals surface area contributed by atoms with Crippen molar-refractivity contribution < 1.29 is 8.83 Å². The van der Waals surface area contributed by atoms with Crippen molar-refractivity contribution in [2.24, 2.45) is 0 Å². The van der Waals surface area contributed by atoms with Crippen LogP contribution in [0.5, 0.6) is 0 Å². The van der Waals surface area contributed by atoms with Gasteiger partial charge in [-0.25, -0.2) is 4.98 Å². The summed E-state index contributed by atoms with van der Waals surface area (Å²) < 4.78 is 13.3. The largest absolute Gasteiger partial charge is 0.456 e. The van der Waals surface area contributed by atoms with Crippen LogP contribution in [-0.4, -0.2) is 9.97 Å². The van der Waals surface area contributed by atoms with Gasteiger partial charge in [0.15, 0.2) is 0 Å². The third-order valence-electron chi connectivity index (χ3n) is 11.3. The smallest absolute Gasteiger partial charge is 0.143 e. The average Bonchev–Trinajstić information content (AvgIpc) is 3.82. The van der Waals surface area contributed by atoms with Crippen LogP contribution in [0.25, 0.3) is 121 Å². The van der Waals surface area contributed by atoms with Gasteiger partial charge in [-0.3, -0.25) is 4.98 Å². The molecule has 56 heavy (non-hydrogen) atoms. The van der Waals surface area contributed by atoms with Crippen molar-refractivity contribution in [2.45, 2.75) is 0 Å². The van der Waals surface area contributed by atoms with E-state index in [0.717, 1.165) is 105 Å². The molecule has 0 fully saturated rings. The van der Waals surface area contributed by atoms with Crippen molar-refractivity contribution in [1.29, 1.82) is 0 Å². The first-order chi connectivity index (χ1) is 27.7. The topological polar surface area (TPSA) is 52.1 Å². The molecule has 0 radical (unpaired) electrons. The maximum absolute atomic E-state index is 6.83. The first-order valence-electron chi connectivity index (χ1n) is 18.9. The van der Waals surface area contributed by atoms with Crippen molar-refractivity contribution in [3.8, 4) is 44.6 Å². The number of rotatable bonds is 4. The molecule has 0 amide bonds. The Labute approximate surface area is 320 Å². The van der Waals surface area contributed by atoms with E-state index >= 15 is 0 Å². The van der Waals surface area contributed by atoms with Crippen LogP contribution in [0.15, 0.2) is 191 Å². The van der Waals surface area contributed by atoms with Crippen molar-refractivity contribution in [3.63, 3.8) is 0 Å². The predicted octanol–water partition coefficient (Wildman–Crippen LogP) is 14.4. The lowest BCUT2D eigenvalue weighted by Crippen LogP contribution is -1.92. The maximum Gasteiger partial charge on any atom is 0.143 e. The molecule has 3 aromatic heterocycles. The molecule has 260 valence electrons. The summed E-state index contributed by atoms with van der Waals surface area (Å²) in [6.45, 7) is 0. The molecule has 4 nitrogen and oxygen atoms in total. The SMILES string of the molecule is c1ccc(-c2ccc3oc4cc5oc6c(-c7cccc(-c8cnc9c%10ccccc%10c%10ccccc%10c9n8)c7)cc(-c7ccccc7)cc6c5cc4c3c2)cc1. The van der Waals surface area contributed by atoms with Gasteiger partial charge in [-0.2, -0.15) is 0 Å². The maximum atomic E-state index is 6.83. The fourth-order valence-electron chi connectivity index (χ4n) is 8.58. The van der Waals surface area contributed by atoms with Gasteiger partial charge in [0, 0.05) is 49.5 Å². The minimum atomic E-state index is 0.789. The van der Waals surface area contributed by atoms with E-state index < -0.39 is 0 Å². The van der Waals surface area contributed by atoms with Gasteiger partial charge in [0.1, 0.15) is 22.3 Å². The van der Waals surface area contributed by atoms with Gasteiger partial charge in [-0.1, -0.05) is 133 Å². The molecule has 0 N–H and O–H groups in total. The van der Waals surface area contributed by atoms with Gasteiger partial charge >= 0.3 is 0 Å². The van der Waals surface area contributed by atoms with Crippen molar-refractivity contribution >= 4 is 76.5 Å². The van der Waals surface area contributed by atoms with E-state index in [1.807, 2.05) is 18.3 Å². The summed E-state index contributed by atoms with van der Waals surface area (Å²) in [5.74, 6) is 0. The number of aromatic nitrogens is 2. The van der Waals surface area contributed by atoms with Crippen LogP contribution in [0.4, 0.5) is 0 Å². The van der Waals surface area contributed by atoms with Crippen LogP contribution in [0.2, 0.25) is 0 Å². The normalized spacial score (nSPS) is 11.9. The molecule has 0 spiro atoms. The van der Waals surface area contributed by atoms with Gasteiger partial charge in [-0.15, -0.1) is 0 Å². The van der Waals surface area contributed by atoms with Gasteiger partial charge in [-0.05, 0) is 75.0 Å². The highest BCUT2D eigenvalue weighted by Crippen LogP contribution is 2.43. The second-order valence-electron chi connectivity index (χ2n) is 14.5. The Morgan fingerprint density at radius 2 is 0.911 bits per heavy atom. The zero-order valence-electron chi connectivity index (χ0n) is 30.0. The summed E-state index contributed by atoms with van der Waals surface area (Å²) >= 11 is 0. The van der Waals surface area contributed by atoms with Crippen LogP contribution in [0.3, 0.4) is 0 Å². The third kappa shape index (κ3) is 4.73. The molecule has 0 aliphatic carbocycles. The summed E-state index contributed by atoms with van der Waals surface area (Å²) in [5, 5.41) is 8.83. The summed E-state index contributed by atoms with van der Waals surface area (Å²) in [4.78, 5) is 10.3. The molecule has 0 aliphatic rings. The summed E-state index contributed by atoms with van der Waals surface area (Å²) in [6, 6.07) is 61.8. The lowest BCUT2D eigenvalue weighted by molar-refractivity contribution is 0.656. The molecule has 12 rings (SSSR count). The van der Waals surface area contributed by atoms with Crippen LogP contribution in [0.1, 0.15) is 0 Å². The predicted molar refractivity (Wildman–Crippen MR) is 231 cm³/mol.